The van der Waals surface area contributed by atoms with Gasteiger partial charge >= 0.3 is 0 Å². The van der Waals surface area contributed by atoms with Gasteiger partial charge in [-0.15, -0.1) is 12.4 Å². The van der Waals surface area contributed by atoms with E-state index in [2.05, 4.69) is 5.32 Å². The Hall–Kier alpha value is -2.18. The molecule has 7 heteroatoms. The quantitative estimate of drug-likeness (QED) is 0.710. The van der Waals surface area contributed by atoms with Gasteiger partial charge in [-0.25, -0.2) is 0 Å². The van der Waals surface area contributed by atoms with Crippen LogP contribution < -0.4 is 20.5 Å². The SMILES string of the molecule is CCOc1ccc(CCNC(=O)c2coc(CN)c2)cc1OCC.Cl. The topological polar surface area (TPSA) is 86.7 Å². The van der Waals surface area contributed by atoms with E-state index in [0.717, 1.165) is 17.1 Å². The second-order valence-corrected chi connectivity index (χ2v) is 5.16. The van der Waals surface area contributed by atoms with Gasteiger partial charge in [-0.2, -0.15) is 0 Å². The number of hydrogen-bond donors (Lipinski definition) is 2. The molecule has 0 aliphatic heterocycles. The van der Waals surface area contributed by atoms with Crippen LogP contribution in [0.4, 0.5) is 0 Å². The van der Waals surface area contributed by atoms with Crippen molar-refractivity contribution in [3.63, 3.8) is 0 Å². The Kier molecular flexibility index (Phi) is 8.88. The molecule has 1 heterocycles. The van der Waals surface area contributed by atoms with Gasteiger partial charge in [0.05, 0.1) is 25.3 Å². The number of amides is 1. The number of ether oxygens (including phenoxy) is 2. The third-order valence-electron chi connectivity index (χ3n) is 3.42. The summed E-state index contributed by atoms with van der Waals surface area (Å²) in [5.74, 6) is 1.88. The molecule has 0 radical (unpaired) electrons. The highest BCUT2D eigenvalue weighted by atomic mass is 35.5. The molecule has 2 aromatic rings. The number of furan rings is 1. The van der Waals surface area contributed by atoms with Gasteiger partial charge in [0.1, 0.15) is 12.0 Å². The van der Waals surface area contributed by atoms with Gasteiger partial charge in [-0.1, -0.05) is 6.07 Å². The number of halogens is 1. The summed E-state index contributed by atoms with van der Waals surface area (Å²) in [7, 11) is 0. The van der Waals surface area contributed by atoms with Gasteiger partial charge in [0.2, 0.25) is 0 Å². The second-order valence-electron chi connectivity index (χ2n) is 5.16. The van der Waals surface area contributed by atoms with Crippen LogP contribution in [0.1, 0.15) is 35.5 Å². The number of nitrogens with one attached hydrogen (secondary N) is 1. The summed E-state index contributed by atoms with van der Waals surface area (Å²) >= 11 is 0. The minimum atomic E-state index is -0.172. The van der Waals surface area contributed by atoms with Crippen molar-refractivity contribution in [2.45, 2.75) is 26.8 Å². The predicted molar refractivity (Wildman–Crippen MR) is 98.7 cm³/mol. The Morgan fingerprint density at radius 1 is 1.16 bits per heavy atom. The first kappa shape index (κ1) is 20.9. The van der Waals surface area contributed by atoms with E-state index in [1.807, 2.05) is 32.0 Å². The first-order chi connectivity index (χ1) is 11.7. The fourth-order valence-electron chi connectivity index (χ4n) is 2.28. The van der Waals surface area contributed by atoms with Gasteiger partial charge in [0.25, 0.3) is 5.91 Å². The third kappa shape index (κ3) is 5.99. The Morgan fingerprint density at radius 2 is 1.88 bits per heavy atom. The molecule has 1 aromatic carbocycles. The summed E-state index contributed by atoms with van der Waals surface area (Å²) in [6.07, 6.45) is 2.11. The van der Waals surface area contributed by atoms with E-state index >= 15 is 0 Å². The van der Waals surface area contributed by atoms with Crippen molar-refractivity contribution in [2.75, 3.05) is 19.8 Å². The number of carbonyl (C=O) groups excluding carboxylic acids is 1. The predicted octanol–water partition coefficient (Wildman–Crippen LogP) is 2.93. The van der Waals surface area contributed by atoms with E-state index < -0.39 is 0 Å². The molecule has 0 saturated heterocycles. The number of carbonyl (C=O) groups is 1. The fourth-order valence-corrected chi connectivity index (χ4v) is 2.28. The lowest BCUT2D eigenvalue weighted by Crippen LogP contribution is -2.25. The average molecular weight is 369 g/mol. The lowest BCUT2D eigenvalue weighted by molar-refractivity contribution is 0.0953. The Labute approximate surface area is 154 Å². The van der Waals surface area contributed by atoms with E-state index in [9.17, 15) is 4.79 Å². The zero-order valence-electron chi connectivity index (χ0n) is 14.5. The van der Waals surface area contributed by atoms with E-state index in [0.29, 0.717) is 37.5 Å². The zero-order chi connectivity index (χ0) is 17.4. The summed E-state index contributed by atoms with van der Waals surface area (Å²) in [4.78, 5) is 12.0. The van der Waals surface area contributed by atoms with Gasteiger partial charge in [-0.05, 0) is 44.0 Å². The minimum absolute atomic E-state index is 0. The lowest BCUT2D eigenvalue weighted by Gasteiger charge is -2.12. The summed E-state index contributed by atoms with van der Waals surface area (Å²) in [6.45, 7) is 5.82. The first-order valence-electron chi connectivity index (χ1n) is 8.12. The highest BCUT2D eigenvalue weighted by Crippen LogP contribution is 2.28. The van der Waals surface area contributed by atoms with Crippen LogP contribution in [0.5, 0.6) is 11.5 Å². The fraction of sp³-hybridized carbons (Fsp3) is 0.389. The van der Waals surface area contributed by atoms with E-state index in [4.69, 9.17) is 19.6 Å². The molecule has 1 aromatic heterocycles. The highest BCUT2D eigenvalue weighted by molar-refractivity contribution is 5.93. The first-order valence-corrected chi connectivity index (χ1v) is 8.12. The standard InChI is InChI=1S/C18H24N2O4.ClH/c1-3-22-16-6-5-13(9-17(16)23-4-2)7-8-20-18(21)14-10-15(11-19)24-12-14;/h5-6,9-10,12H,3-4,7-8,11,19H2,1-2H3,(H,20,21);1H. The van der Waals surface area contributed by atoms with Crippen molar-refractivity contribution >= 4 is 18.3 Å². The molecule has 6 nitrogen and oxygen atoms in total. The molecule has 0 atom stereocenters. The number of nitrogens with two attached hydrogens (primary N) is 1. The third-order valence-corrected chi connectivity index (χ3v) is 3.42. The van der Waals surface area contributed by atoms with Crippen LogP contribution in [-0.4, -0.2) is 25.7 Å². The maximum absolute atomic E-state index is 12.0. The van der Waals surface area contributed by atoms with Crippen molar-refractivity contribution in [3.8, 4) is 11.5 Å². The molecule has 138 valence electrons. The van der Waals surface area contributed by atoms with E-state index in [1.165, 1.54) is 6.26 Å². The monoisotopic (exact) mass is 368 g/mol. The number of benzene rings is 1. The van der Waals surface area contributed by atoms with E-state index in [1.54, 1.807) is 6.07 Å². The molecule has 2 rings (SSSR count). The normalized spacial score (nSPS) is 10.0. The molecule has 0 unspecified atom stereocenters. The lowest BCUT2D eigenvalue weighted by atomic mass is 10.1. The number of hydrogen-bond acceptors (Lipinski definition) is 5. The van der Waals surface area contributed by atoms with Gasteiger partial charge < -0.3 is 24.9 Å². The maximum Gasteiger partial charge on any atom is 0.254 e. The van der Waals surface area contributed by atoms with Crippen molar-refractivity contribution in [1.29, 1.82) is 0 Å². The summed E-state index contributed by atoms with van der Waals surface area (Å²) in [6, 6.07) is 7.48. The molecule has 0 spiro atoms. The van der Waals surface area contributed by atoms with Gasteiger partial charge in [0.15, 0.2) is 11.5 Å². The molecule has 25 heavy (non-hydrogen) atoms. The minimum Gasteiger partial charge on any atom is -0.490 e. The largest absolute Gasteiger partial charge is 0.490 e. The smallest absolute Gasteiger partial charge is 0.254 e. The molecule has 1 amide bonds. The van der Waals surface area contributed by atoms with E-state index in [-0.39, 0.29) is 24.9 Å². The molecule has 0 bridgehead atoms. The molecular formula is C18H25ClN2O4. The second kappa shape index (κ2) is 10.6. The van der Waals surface area contributed by atoms with Gasteiger partial charge in [-0.3, -0.25) is 4.79 Å². The van der Waals surface area contributed by atoms with Crippen LogP contribution in [0.25, 0.3) is 0 Å². The molecule has 0 aliphatic carbocycles. The van der Waals surface area contributed by atoms with Gasteiger partial charge in [0, 0.05) is 6.54 Å². The van der Waals surface area contributed by atoms with Crippen LogP contribution >= 0.6 is 12.4 Å². The summed E-state index contributed by atoms with van der Waals surface area (Å²) < 4.78 is 16.3. The van der Waals surface area contributed by atoms with Crippen LogP contribution in [0.3, 0.4) is 0 Å². The van der Waals surface area contributed by atoms with Crippen molar-refractivity contribution in [2.24, 2.45) is 5.73 Å². The Balaban J connectivity index is 0.00000312. The summed E-state index contributed by atoms with van der Waals surface area (Å²) in [5, 5.41) is 2.86. The number of rotatable bonds is 9. The van der Waals surface area contributed by atoms with Crippen LogP contribution in [-0.2, 0) is 13.0 Å². The summed E-state index contributed by atoms with van der Waals surface area (Å²) in [5.41, 5.74) is 7.01. The van der Waals surface area contributed by atoms with Crippen molar-refractivity contribution in [1.82, 2.24) is 5.32 Å². The van der Waals surface area contributed by atoms with Crippen LogP contribution in [0.2, 0.25) is 0 Å². The maximum atomic E-state index is 12.0. The molecule has 0 aliphatic rings. The van der Waals surface area contributed by atoms with Crippen LogP contribution in [0.15, 0.2) is 34.9 Å². The highest BCUT2D eigenvalue weighted by Gasteiger charge is 2.10. The Morgan fingerprint density at radius 3 is 2.52 bits per heavy atom. The van der Waals surface area contributed by atoms with Crippen LogP contribution in [0, 0.1) is 0 Å². The molecule has 0 saturated carbocycles. The average Bonchev–Trinajstić information content (AvgIpc) is 3.06. The molecule has 3 N–H and O–H groups in total. The molecule has 0 fully saturated rings. The van der Waals surface area contributed by atoms with Crippen molar-refractivity contribution < 1.29 is 18.7 Å². The zero-order valence-corrected chi connectivity index (χ0v) is 15.4. The molecular weight excluding hydrogens is 344 g/mol. The van der Waals surface area contributed by atoms with Crippen molar-refractivity contribution in [3.05, 3.63) is 47.4 Å². The Bertz CT molecular complexity index is 673.